The van der Waals surface area contributed by atoms with Crippen LogP contribution in [0.1, 0.15) is 17.9 Å². The van der Waals surface area contributed by atoms with Crippen molar-refractivity contribution in [2.24, 2.45) is 0 Å². The zero-order chi connectivity index (χ0) is 10.8. The Balaban J connectivity index is 2.22. The summed E-state index contributed by atoms with van der Waals surface area (Å²) < 4.78 is 5.07. The van der Waals surface area contributed by atoms with E-state index >= 15 is 0 Å². The van der Waals surface area contributed by atoms with Gasteiger partial charge in [0, 0.05) is 18.0 Å². The summed E-state index contributed by atoms with van der Waals surface area (Å²) >= 11 is 0. The first-order valence-electron chi connectivity index (χ1n) is 4.83. The molecule has 1 aliphatic rings. The topological polar surface area (TPSA) is 38.3 Å². The van der Waals surface area contributed by atoms with Gasteiger partial charge in [0.2, 0.25) is 5.91 Å². The van der Waals surface area contributed by atoms with Crippen molar-refractivity contribution in [1.82, 2.24) is 5.32 Å². The number of allylic oxidation sites excluding steroid dienone is 1. The molecule has 0 bridgehead atoms. The Morgan fingerprint density at radius 1 is 1.40 bits per heavy atom. The van der Waals surface area contributed by atoms with Gasteiger partial charge in [0.25, 0.3) is 0 Å². The average molecular weight is 203 g/mol. The van der Waals surface area contributed by atoms with Gasteiger partial charge in [-0.3, -0.25) is 4.79 Å². The highest BCUT2D eigenvalue weighted by Gasteiger charge is 2.26. The highest BCUT2D eigenvalue weighted by atomic mass is 16.5. The third-order valence-electron chi connectivity index (χ3n) is 2.63. The van der Waals surface area contributed by atoms with Crippen LogP contribution in [0, 0.1) is 0 Å². The molecule has 0 aliphatic carbocycles. The van der Waals surface area contributed by atoms with Gasteiger partial charge < -0.3 is 10.1 Å². The Morgan fingerprint density at radius 3 is 2.53 bits per heavy atom. The molecular formula is C12H13NO2. The molecular weight excluding hydrogens is 190 g/mol. The quantitative estimate of drug-likeness (QED) is 0.796. The van der Waals surface area contributed by atoms with Gasteiger partial charge in [0.15, 0.2) is 0 Å². The Kier molecular flexibility index (Phi) is 2.46. The maximum atomic E-state index is 11.2. The molecule has 1 amide bonds. The molecule has 3 nitrogen and oxygen atoms in total. The monoisotopic (exact) mass is 203 g/mol. The second kappa shape index (κ2) is 3.77. The van der Waals surface area contributed by atoms with Crippen LogP contribution in [0.2, 0.25) is 0 Å². The standard InChI is InChI=1S/C12H13NO2/c1-8-11(7-12(14)13-8)9-3-5-10(15-2)6-4-9/h3-6,11H,1,7H2,2H3,(H,13,14). The Bertz CT molecular complexity index is 395. The minimum absolute atomic E-state index is 0.0424. The summed E-state index contributed by atoms with van der Waals surface area (Å²) in [6.07, 6.45) is 0.491. The molecule has 1 heterocycles. The summed E-state index contributed by atoms with van der Waals surface area (Å²) in [5, 5.41) is 2.73. The van der Waals surface area contributed by atoms with E-state index in [1.807, 2.05) is 24.3 Å². The summed E-state index contributed by atoms with van der Waals surface area (Å²) in [5.74, 6) is 0.964. The molecule has 78 valence electrons. The van der Waals surface area contributed by atoms with Gasteiger partial charge in [-0.05, 0) is 17.7 Å². The number of methoxy groups -OCH3 is 1. The normalized spacial score (nSPS) is 20.2. The second-order valence-electron chi connectivity index (χ2n) is 3.60. The molecule has 1 saturated heterocycles. The van der Waals surface area contributed by atoms with Crippen LogP contribution >= 0.6 is 0 Å². The van der Waals surface area contributed by atoms with E-state index in [1.165, 1.54) is 0 Å². The number of benzene rings is 1. The van der Waals surface area contributed by atoms with Crippen LogP contribution in [0.15, 0.2) is 36.5 Å². The molecule has 2 rings (SSSR count). The fraction of sp³-hybridized carbons (Fsp3) is 0.250. The van der Waals surface area contributed by atoms with Crippen molar-refractivity contribution in [3.63, 3.8) is 0 Å². The minimum atomic E-state index is 0.0424. The van der Waals surface area contributed by atoms with Gasteiger partial charge in [0.1, 0.15) is 5.75 Å². The lowest BCUT2D eigenvalue weighted by molar-refractivity contribution is -0.118. The zero-order valence-electron chi connectivity index (χ0n) is 8.62. The van der Waals surface area contributed by atoms with Crippen molar-refractivity contribution in [3.8, 4) is 5.75 Å². The SMILES string of the molecule is C=C1NC(=O)CC1c1ccc(OC)cc1. The van der Waals surface area contributed by atoms with E-state index in [0.29, 0.717) is 6.42 Å². The first kappa shape index (κ1) is 9.77. The Labute approximate surface area is 88.8 Å². The number of ether oxygens (including phenoxy) is 1. The predicted molar refractivity (Wildman–Crippen MR) is 57.6 cm³/mol. The molecule has 3 heteroatoms. The van der Waals surface area contributed by atoms with Crippen LogP contribution in [-0.4, -0.2) is 13.0 Å². The van der Waals surface area contributed by atoms with Gasteiger partial charge >= 0.3 is 0 Å². The van der Waals surface area contributed by atoms with Crippen molar-refractivity contribution >= 4 is 5.91 Å². The second-order valence-corrected chi connectivity index (χ2v) is 3.60. The molecule has 1 aliphatic heterocycles. The molecule has 1 aromatic rings. The molecule has 1 fully saturated rings. The lowest BCUT2D eigenvalue weighted by Crippen LogP contribution is -2.11. The van der Waals surface area contributed by atoms with Crippen molar-refractivity contribution < 1.29 is 9.53 Å². The largest absolute Gasteiger partial charge is 0.497 e. The Hall–Kier alpha value is -1.77. The first-order chi connectivity index (χ1) is 7.20. The van der Waals surface area contributed by atoms with Gasteiger partial charge in [-0.15, -0.1) is 0 Å². The molecule has 0 spiro atoms. The molecule has 1 atom stereocenters. The van der Waals surface area contributed by atoms with E-state index in [9.17, 15) is 4.79 Å². The molecule has 1 aromatic carbocycles. The number of hydrogen-bond acceptors (Lipinski definition) is 2. The van der Waals surface area contributed by atoms with Gasteiger partial charge in [-0.25, -0.2) is 0 Å². The molecule has 1 unspecified atom stereocenters. The summed E-state index contributed by atoms with van der Waals surface area (Å²) in [7, 11) is 1.63. The van der Waals surface area contributed by atoms with E-state index < -0.39 is 0 Å². The van der Waals surface area contributed by atoms with Crippen LogP contribution in [-0.2, 0) is 4.79 Å². The van der Waals surface area contributed by atoms with E-state index in [2.05, 4.69) is 11.9 Å². The van der Waals surface area contributed by atoms with Crippen molar-refractivity contribution in [2.75, 3.05) is 7.11 Å². The van der Waals surface area contributed by atoms with Crippen LogP contribution < -0.4 is 10.1 Å². The number of carbonyl (C=O) groups is 1. The van der Waals surface area contributed by atoms with Gasteiger partial charge in [-0.1, -0.05) is 18.7 Å². The number of amides is 1. The van der Waals surface area contributed by atoms with E-state index in [1.54, 1.807) is 7.11 Å². The van der Waals surface area contributed by atoms with Crippen LogP contribution in [0.4, 0.5) is 0 Å². The predicted octanol–water partition coefficient (Wildman–Crippen LogP) is 1.81. The van der Waals surface area contributed by atoms with Gasteiger partial charge in [-0.2, -0.15) is 0 Å². The highest BCUT2D eigenvalue weighted by molar-refractivity contribution is 5.83. The lowest BCUT2D eigenvalue weighted by atomic mass is 9.96. The molecule has 15 heavy (non-hydrogen) atoms. The van der Waals surface area contributed by atoms with Crippen LogP contribution in [0.25, 0.3) is 0 Å². The lowest BCUT2D eigenvalue weighted by Gasteiger charge is -2.10. The first-order valence-corrected chi connectivity index (χ1v) is 4.83. The molecule has 1 N–H and O–H groups in total. The zero-order valence-corrected chi connectivity index (χ0v) is 8.62. The van der Waals surface area contributed by atoms with Crippen molar-refractivity contribution in [1.29, 1.82) is 0 Å². The number of nitrogens with one attached hydrogen (secondary N) is 1. The van der Waals surface area contributed by atoms with Crippen LogP contribution in [0.5, 0.6) is 5.75 Å². The molecule has 0 saturated carbocycles. The maximum Gasteiger partial charge on any atom is 0.225 e. The maximum absolute atomic E-state index is 11.2. The highest BCUT2D eigenvalue weighted by Crippen LogP contribution is 2.30. The Morgan fingerprint density at radius 2 is 2.07 bits per heavy atom. The van der Waals surface area contributed by atoms with E-state index in [-0.39, 0.29) is 11.8 Å². The molecule has 0 aromatic heterocycles. The fourth-order valence-electron chi connectivity index (χ4n) is 1.78. The van der Waals surface area contributed by atoms with Gasteiger partial charge in [0.05, 0.1) is 7.11 Å². The summed E-state index contributed by atoms with van der Waals surface area (Å²) in [4.78, 5) is 11.2. The average Bonchev–Trinajstić information content (AvgIpc) is 2.58. The van der Waals surface area contributed by atoms with E-state index in [0.717, 1.165) is 17.0 Å². The number of hydrogen-bond donors (Lipinski definition) is 1. The third kappa shape index (κ3) is 1.86. The minimum Gasteiger partial charge on any atom is -0.497 e. The fourth-order valence-corrected chi connectivity index (χ4v) is 1.78. The van der Waals surface area contributed by atoms with Crippen LogP contribution in [0.3, 0.4) is 0 Å². The number of carbonyl (C=O) groups excluding carboxylic acids is 1. The molecule has 0 radical (unpaired) electrons. The smallest absolute Gasteiger partial charge is 0.225 e. The number of rotatable bonds is 2. The summed E-state index contributed by atoms with van der Waals surface area (Å²) in [6, 6.07) is 7.72. The van der Waals surface area contributed by atoms with Crippen molar-refractivity contribution in [2.45, 2.75) is 12.3 Å². The van der Waals surface area contributed by atoms with E-state index in [4.69, 9.17) is 4.74 Å². The van der Waals surface area contributed by atoms with Crippen molar-refractivity contribution in [3.05, 3.63) is 42.1 Å². The summed E-state index contributed by atoms with van der Waals surface area (Å²) in [5.41, 5.74) is 1.88. The summed E-state index contributed by atoms with van der Waals surface area (Å²) in [6.45, 7) is 3.84. The third-order valence-corrected chi connectivity index (χ3v) is 2.63.